The van der Waals surface area contributed by atoms with Gasteiger partial charge in [-0.3, -0.25) is 14.2 Å². The molecule has 3 heterocycles. The molecule has 10 heteroatoms. The van der Waals surface area contributed by atoms with Crippen molar-refractivity contribution < 1.29 is 23.8 Å². The quantitative estimate of drug-likeness (QED) is 0.597. The fourth-order valence-electron chi connectivity index (χ4n) is 2.59. The molecule has 1 aliphatic heterocycles. The van der Waals surface area contributed by atoms with Crippen molar-refractivity contribution in [3.05, 3.63) is 17.8 Å². The van der Waals surface area contributed by atoms with E-state index in [0.29, 0.717) is 17.6 Å². The van der Waals surface area contributed by atoms with Crippen LogP contribution in [0.1, 0.15) is 26.5 Å². The molecule has 0 aliphatic carbocycles. The molecule has 0 N–H and O–H groups in total. The zero-order valence-electron chi connectivity index (χ0n) is 13.0. The number of halogens is 1. The number of ether oxygens (including phenoxy) is 3. The third kappa shape index (κ3) is 3.31. The molecule has 3 rings (SSSR count). The Morgan fingerprint density at radius 1 is 1.33 bits per heavy atom. The number of carbonyl (C=O) groups excluding carboxylic acids is 2. The Kier molecular flexibility index (Phi) is 4.63. The summed E-state index contributed by atoms with van der Waals surface area (Å²) in [5.74, 6) is -0.867. The normalized spacial score (nSPS) is 23.4. The lowest BCUT2D eigenvalue weighted by Crippen LogP contribution is -2.31. The monoisotopic (exact) mass is 354 g/mol. The summed E-state index contributed by atoms with van der Waals surface area (Å²) >= 11 is 5.99. The van der Waals surface area contributed by atoms with Crippen molar-refractivity contribution in [3.8, 4) is 0 Å². The van der Waals surface area contributed by atoms with Gasteiger partial charge in [0.05, 0.1) is 6.33 Å². The summed E-state index contributed by atoms with van der Waals surface area (Å²) in [7, 11) is 0. The van der Waals surface area contributed by atoms with Crippen LogP contribution >= 0.6 is 11.6 Å². The van der Waals surface area contributed by atoms with Gasteiger partial charge < -0.3 is 14.2 Å². The lowest BCUT2D eigenvalue weighted by Gasteiger charge is -2.17. The minimum absolute atomic E-state index is 0.00779. The third-order valence-electron chi connectivity index (χ3n) is 3.57. The Labute approximate surface area is 141 Å². The van der Waals surface area contributed by atoms with Gasteiger partial charge in [-0.05, 0) is 0 Å². The highest BCUT2D eigenvalue weighted by atomic mass is 35.5. The van der Waals surface area contributed by atoms with Crippen LogP contribution in [-0.4, -0.2) is 50.3 Å². The van der Waals surface area contributed by atoms with E-state index in [4.69, 9.17) is 25.8 Å². The van der Waals surface area contributed by atoms with Crippen LogP contribution in [-0.2, 0) is 23.8 Å². The van der Waals surface area contributed by atoms with E-state index in [0.717, 1.165) is 0 Å². The minimum Gasteiger partial charge on any atom is -0.463 e. The SMILES string of the molecule is CC(=O)OC[C@H]1O[C@@H](n2cnc3c(Cl)ncnc32)C[C@H]1OC(C)=O. The van der Waals surface area contributed by atoms with Gasteiger partial charge in [-0.1, -0.05) is 11.6 Å². The molecule has 0 spiro atoms. The summed E-state index contributed by atoms with van der Waals surface area (Å²) in [5.41, 5.74) is 0.963. The number of carbonyl (C=O) groups is 2. The predicted molar refractivity (Wildman–Crippen MR) is 81.0 cm³/mol. The molecular formula is C14H15ClN4O5. The Balaban J connectivity index is 1.84. The van der Waals surface area contributed by atoms with Gasteiger partial charge in [-0.2, -0.15) is 0 Å². The van der Waals surface area contributed by atoms with Gasteiger partial charge in [0.25, 0.3) is 0 Å². The zero-order valence-corrected chi connectivity index (χ0v) is 13.8. The number of hydrogen-bond donors (Lipinski definition) is 0. The van der Waals surface area contributed by atoms with E-state index in [9.17, 15) is 9.59 Å². The average Bonchev–Trinajstić information content (AvgIpc) is 3.09. The zero-order chi connectivity index (χ0) is 17.3. The maximum atomic E-state index is 11.3. The molecule has 128 valence electrons. The summed E-state index contributed by atoms with van der Waals surface area (Å²) in [6, 6.07) is 0. The number of fused-ring (bicyclic) bond motifs is 1. The number of esters is 2. The Bertz CT molecular complexity index is 780. The highest BCUT2D eigenvalue weighted by Gasteiger charge is 2.39. The lowest BCUT2D eigenvalue weighted by atomic mass is 10.2. The second kappa shape index (κ2) is 6.70. The number of aromatic nitrogens is 4. The van der Waals surface area contributed by atoms with Crippen molar-refractivity contribution in [1.82, 2.24) is 19.5 Å². The van der Waals surface area contributed by atoms with Crippen LogP contribution in [0.5, 0.6) is 0 Å². The van der Waals surface area contributed by atoms with Gasteiger partial charge in [0.2, 0.25) is 0 Å². The van der Waals surface area contributed by atoms with Gasteiger partial charge in [0.15, 0.2) is 10.8 Å². The van der Waals surface area contributed by atoms with Gasteiger partial charge >= 0.3 is 11.9 Å². The first kappa shape index (κ1) is 16.6. The second-order valence-corrected chi connectivity index (χ2v) is 5.66. The standard InChI is InChI=1S/C14H15ClN4O5/c1-7(20)22-4-10-9(23-8(2)21)3-11(24-10)19-6-18-12-13(15)16-5-17-14(12)19/h5-6,9-11H,3-4H2,1-2H3/t9-,10-,11-/m1/s1. The van der Waals surface area contributed by atoms with Crippen molar-refractivity contribution in [2.24, 2.45) is 0 Å². The van der Waals surface area contributed by atoms with Crippen LogP contribution in [0.25, 0.3) is 11.2 Å². The lowest BCUT2D eigenvalue weighted by molar-refractivity contribution is -0.155. The van der Waals surface area contributed by atoms with E-state index in [1.165, 1.54) is 26.5 Å². The number of imidazole rings is 1. The molecule has 1 fully saturated rings. The van der Waals surface area contributed by atoms with E-state index in [-0.39, 0.29) is 11.8 Å². The third-order valence-corrected chi connectivity index (χ3v) is 3.85. The van der Waals surface area contributed by atoms with Gasteiger partial charge in [-0.15, -0.1) is 0 Å². The largest absolute Gasteiger partial charge is 0.463 e. The van der Waals surface area contributed by atoms with E-state index in [1.54, 1.807) is 4.57 Å². The Morgan fingerprint density at radius 3 is 2.83 bits per heavy atom. The Hall–Kier alpha value is -2.26. The van der Waals surface area contributed by atoms with Gasteiger partial charge in [0.1, 0.15) is 36.9 Å². The molecule has 0 aromatic carbocycles. The molecule has 2 aromatic rings. The van der Waals surface area contributed by atoms with E-state index in [2.05, 4.69) is 15.0 Å². The second-order valence-electron chi connectivity index (χ2n) is 5.30. The topological polar surface area (TPSA) is 105 Å². The van der Waals surface area contributed by atoms with Crippen molar-refractivity contribution in [1.29, 1.82) is 0 Å². The van der Waals surface area contributed by atoms with Crippen LogP contribution in [0, 0.1) is 0 Å². The molecule has 0 amide bonds. The predicted octanol–water partition coefficient (Wildman–Crippen LogP) is 1.26. The van der Waals surface area contributed by atoms with Crippen molar-refractivity contribution >= 4 is 34.7 Å². The summed E-state index contributed by atoms with van der Waals surface area (Å²) in [5, 5.41) is 0.241. The number of nitrogens with zero attached hydrogens (tertiary/aromatic N) is 4. The summed E-state index contributed by atoms with van der Waals surface area (Å²) in [4.78, 5) is 34.5. The van der Waals surface area contributed by atoms with Crippen LogP contribution < -0.4 is 0 Å². The first-order valence-electron chi connectivity index (χ1n) is 7.24. The van der Waals surface area contributed by atoms with Crippen molar-refractivity contribution in [2.75, 3.05) is 6.61 Å². The first-order chi connectivity index (χ1) is 11.5. The molecule has 3 atom stereocenters. The Morgan fingerprint density at radius 2 is 2.12 bits per heavy atom. The fraction of sp³-hybridized carbons (Fsp3) is 0.500. The molecule has 9 nitrogen and oxygen atoms in total. The maximum Gasteiger partial charge on any atom is 0.303 e. The number of hydrogen-bond acceptors (Lipinski definition) is 8. The molecule has 24 heavy (non-hydrogen) atoms. The first-order valence-corrected chi connectivity index (χ1v) is 7.62. The van der Waals surface area contributed by atoms with Crippen LogP contribution in [0.2, 0.25) is 5.15 Å². The molecule has 0 unspecified atom stereocenters. The van der Waals surface area contributed by atoms with Gasteiger partial charge in [-0.25, -0.2) is 15.0 Å². The molecule has 0 saturated carbocycles. The average molecular weight is 355 g/mol. The van der Waals surface area contributed by atoms with Crippen LogP contribution in [0.15, 0.2) is 12.7 Å². The molecule has 2 aromatic heterocycles. The summed E-state index contributed by atoms with van der Waals surface area (Å²) in [6.45, 7) is 2.61. The fourth-order valence-corrected chi connectivity index (χ4v) is 2.77. The maximum absolute atomic E-state index is 11.3. The molecular weight excluding hydrogens is 340 g/mol. The smallest absolute Gasteiger partial charge is 0.303 e. The minimum atomic E-state index is -0.572. The summed E-state index contributed by atoms with van der Waals surface area (Å²) < 4.78 is 17.8. The van der Waals surface area contributed by atoms with E-state index in [1.807, 2.05) is 0 Å². The molecule has 0 bridgehead atoms. The van der Waals surface area contributed by atoms with Crippen LogP contribution in [0.3, 0.4) is 0 Å². The van der Waals surface area contributed by atoms with Crippen molar-refractivity contribution in [3.63, 3.8) is 0 Å². The number of rotatable bonds is 4. The van der Waals surface area contributed by atoms with Crippen molar-refractivity contribution in [2.45, 2.75) is 38.7 Å². The van der Waals surface area contributed by atoms with E-state index < -0.39 is 30.4 Å². The summed E-state index contributed by atoms with van der Waals surface area (Å²) in [6.07, 6.45) is 1.65. The highest BCUT2D eigenvalue weighted by molar-refractivity contribution is 6.33. The molecule has 1 saturated heterocycles. The molecule has 0 radical (unpaired) electrons. The van der Waals surface area contributed by atoms with Gasteiger partial charge in [0, 0.05) is 20.3 Å². The molecule has 1 aliphatic rings. The van der Waals surface area contributed by atoms with E-state index >= 15 is 0 Å². The van der Waals surface area contributed by atoms with Crippen LogP contribution in [0.4, 0.5) is 0 Å². The highest BCUT2D eigenvalue weighted by Crippen LogP contribution is 2.33.